The highest BCUT2D eigenvalue weighted by molar-refractivity contribution is 5.89. The second-order valence-corrected chi connectivity index (χ2v) is 7.76. The van der Waals surface area contributed by atoms with E-state index >= 15 is 0 Å². The molecule has 0 aromatic heterocycles. The van der Waals surface area contributed by atoms with Gasteiger partial charge in [-0.3, -0.25) is 0 Å². The van der Waals surface area contributed by atoms with Crippen LogP contribution in [-0.2, 0) is 11.2 Å². The van der Waals surface area contributed by atoms with Crippen LogP contribution in [-0.4, -0.2) is 12.6 Å². The first-order valence-corrected chi connectivity index (χ1v) is 11.5. The summed E-state index contributed by atoms with van der Waals surface area (Å²) in [5.74, 6) is -0.222. The van der Waals surface area contributed by atoms with Crippen LogP contribution in [0.2, 0.25) is 0 Å². The summed E-state index contributed by atoms with van der Waals surface area (Å²) in [7, 11) is 0. The first kappa shape index (κ1) is 23.7. The molecule has 0 aliphatic rings. The Morgan fingerprint density at radius 3 is 1.56 bits per heavy atom. The molecule has 0 radical (unpaired) electrons. The number of hydrogen-bond donors (Lipinski definition) is 0. The highest BCUT2D eigenvalue weighted by Gasteiger charge is 2.05. The lowest BCUT2D eigenvalue weighted by Crippen LogP contribution is -2.04. The molecular formula is C25H42O2. The lowest BCUT2D eigenvalue weighted by Gasteiger charge is -2.05. The molecule has 0 spiro atoms. The smallest absolute Gasteiger partial charge is 0.338 e. The number of carbonyl (C=O) groups is 1. The van der Waals surface area contributed by atoms with Gasteiger partial charge in [-0.15, -0.1) is 0 Å². The Hall–Kier alpha value is -1.31. The van der Waals surface area contributed by atoms with Gasteiger partial charge in [-0.25, -0.2) is 4.79 Å². The highest BCUT2D eigenvalue weighted by atomic mass is 16.5. The minimum absolute atomic E-state index is 0.222. The van der Waals surface area contributed by atoms with Crippen LogP contribution in [0.15, 0.2) is 24.3 Å². The van der Waals surface area contributed by atoms with Crippen molar-refractivity contribution in [3.05, 3.63) is 35.4 Å². The molecule has 27 heavy (non-hydrogen) atoms. The van der Waals surface area contributed by atoms with Crippen molar-refractivity contribution in [2.75, 3.05) is 6.61 Å². The van der Waals surface area contributed by atoms with Crippen molar-refractivity contribution in [1.29, 1.82) is 0 Å². The Bertz CT molecular complexity index is 464. The summed E-state index contributed by atoms with van der Waals surface area (Å²) in [5, 5.41) is 0. The van der Waals surface area contributed by atoms with Crippen molar-refractivity contribution in [2.24, 2.45) is 0 Å². The molecule has 0 N–H and O–H groups in total. The zero-order valence-electron chi connectivity index (χ0n) is 17.9. The molecule has 154 valence electrons. The number of carbonyl (C=O) groups excluding carboxylic acids is 1. The topological polar surface area (TPSA) is 26.3 Å². The van der Waals surface area contributed by atoms with Gasteiger partial charge in [-0.1, -0.05) is 103 Å². The van der Waals surface area contributed by atoms with E-state index in [0.29, 0.717) is 12.2 Å². The van der Waals surface area contributed by atoms with E-state index in [2.05, 4.69) is 19.1 Å². The summed E-state index contributed by atoms with van der Waals surface area (Å²) >= 11 is 0. The standard InChI is InChI=1S/C25H42O2/c1-3-5-6-7-8-9-10-11-12-13-14-15-16-17-18-23-19-21-24(22-20-23)25(26)27-4-2/h19-22H,3-18H2,1-2H3. The van der Waals surface area contributed by atoms with Gasteiger partial charge in [0.05, 0.1) is 12.2 Å². The molecule has 0 heterocycles. The molecule has 0 saturated heterocycles. The summed E-state index contributed by atoms with van der Waals surface area (Å²) < 4.78 is 5.02. The fraction of sp³-hybridized carbons (Fsp3) is 0.720. The van der Waals surface area contributed by atoms with Crippen LogP contribution < -0.4 is 0 Å². The number of aryl methyl sites for hydroxylation is 1. The predicted octanol–water partition coefficient (Wildman–Crippen LogP) is 7.89. The van der Waals surface area contributed by atoms with Gasteiger partial charge in [0.1, 0.15) is 0 Å². The van der Waals surface area contributed by atoms with Crippen LogP contribution in [0.25, 0.3) is 0 Å². The molecule has 1 aromatic rings. The summed E-state index contributed by atoms with van der Waals surface area (Å²) in [4.78, 5) is 11.6. The monoisotopic (exact) mass is 374 g/mol. The van der Waals surface area contributed by atoms with Gasteiger partial charge >= 0.3 is 5.97 Å². The molecule has 0 bridgehead atoms. The largest absolute Gasteiger partial charge is 0.462 e. The van der Waals surface area contributed by atoms with E-state index in [1.165, 1.54) is 95.5 Å². The van der Waals surface area contributed by atoms with Gasteiger partial charge < -0.3 is 4.74 Å². The Morgan fingerprint density at radius 2 is 1.11 bits per heavy atom. The van der Waals surface area contributed by atoms with Crippen molar-refractivity contribution in [2.45, 2.75) is 110 Å². The van der Waals surface area contributed by atoms with Gasteiger partial charge in [0.25, 0.3) is 0 Å². The maximum absolute atomic E-state index is 11.6. The molecule has 0 unspecified atom stereocenters. The van der Waals surface area contributed by atoms with E-state index in [4.69, 9.17) is 4.74 Å². The van der Waals surface area contributed by atoms with Crippen molar-refractivity contribution in [3.8, 4) is 0 Å². The fourth-order valence-corrected chi connectivity index (χ4v) is 3.55. The van der Waals surface area contributed by atoms with Crippen LogP contribution in [0.3, 0.4) is 0 Å². The van der Waals surface area contributed by atoms with E-state index in [1.807, 2.05) is 19.1 Å². The second-order valence-electron chi connectivity index (χ2n) is 7.76. The molecular weight excluding hydrogens is 332 g/mol. The molecule has 0 fully saturated rings. The third-order valence-electron chi connectivity index (χ3n) is 5.28. The SMILES string of the molecule is CCCCCCCCCCCCCCCCc1ccc(C(=O)OCC)cc1. The average molecular weight is 375 g/mol. The Kier molecular flexibility index (Phi) is 14.8. The van der Waals surface area contributed by atoms with E-state index in [9.17, 15) is 4.79 Å². The first-order valence-electron chi connectivity index (χ1n) is 11.5. The number of unbranched alkanes of at least 4 members (excludes halogenated alkanes) is 13. The summed E-state index contributed by atoms with van der Waals surface area (Å²) in [6.07, 6.45) is 20.7. The molecule has 1 rings (SSSR count). The van der Waals surface area contributed by atoms with Crippen LogP contribution in [0.4, 0.5) is 0 Å². The van der Waals surface area contributed by atoms with Gasteiger partial charge in [0.2, 0.25) is 0 Å². The molecule has 0 saturated carbocycles. The summed E-state index contributed by atoms with van der Waals surface area (Å²) in [5.41, 5.74) is 1.98. The number of ether oxygens (including phenoxy) is 1. The molecule has 0 amide bonds. The maximum Gasteiger partial charge on any atom is 0.338 e. The summed E-state index contributed by atoms with van der Waals surface area (Å²) in [6.45, 7) is 4.55. The molecule has 2 nitrogen and oxygen atoms in total. The molecule has 0 atom stereocenters. The minimum atomic E-state index is -0.222. The van der Waals surface area contributed by atoms with Crippen LogP contribution in [0, 0.1) is 0 Å². The van der Waals surface area contributed by atoms with Gasteiger partial charge in [0.15, 0.2) is 0 Å². The Morgan fingerprint density at radius 1 is 0.667 bits per heavy atom. The quantitative estimate of drug-likeness (QED) is 0.205. The highest BCUT2D eigenvalue weighted by Crippen LogP contribution is 2.14. The van der Waals surface area contributed by atoms with Gasteiger partial charge in [-0.2, -0.15) is 0 Å². The third-order valence-corrected chi connectivity index (χ3v) is 5.28. The minimum Gasteiger partial charge on any atom is -0.462 e. The Balaban J connectivity index is 1.91. The van der Waals surface area contributed by atoms with Crippen LogP contribution in [0.1, 0.15) is 120 Å². The van der Waals surface area contributed by atoms with Gasteiger partial charge in [-0.05, 0) is 37.5 Å². The number of esters is 1. The van der Waals surface area contributed by atoms with E-state index < -0.39 is 0 Å². The maximum atomic E-state index is 11.6. The molecule has 0 aliphatic carbocycles. The van der Waals surface area contributed by atoms with Crippen molar-refractivity contribution >= 4 is 5.97 Å². The molecule has 0 aliphatic heterocycles. The van der Waals surface area contributed by atoms with E-state index in [0.717, 1.165) is 6.42 Å². The first-order chi connectivity index (χ1) is 13.3. The van der Waals surface area contributed by atoms with Crippen molar-refractivity contribution in [3.63, 3.8) is 0 Å². The second kappa shape index (κ2) is 16.8. The fourth-order valence-electron chi connectivity index (χ4n) is 3.55. The van der Waals surface area contributed by atoms with Crippen molar-refractivity contribution in [1.82, 2.24) is 0 Å². The summed E-state index contributed by atoms with van der Waals surface area (Å²) in [6, 6.07) is 7.90. The molecule has 2 heteroatoms. The Labute approximate surface area is 168 Å². The van der Waals surface area contributed by atoms with Crippen molar-refractivity contribution < 1.29 is 9.53 Å². The van der Waals surface area contributed by atoms with Crippen LogP contribution >= 0.6 is 0 Å². The van der Waals surface area contributed by atoms with E-state index in [1.54, 1.807) is 0 Å². The number of benzene rings is 1. The van der Waals surface area contributed by atoms with Gasteiger partial charge in [0, 0.05) is 0 Å². The number of hydrogen-bond acceptors (Lipinski definition) is 2. The zero-order valence-corrected chi connectivity index (χ0v) is 17.9. The van der Waals surface area contributed by atoms with E-state index in [-0.39, 0.29) is 5.97 Å². The average Bonchev–Trinajstić information content (AvgIpc) is 2.69. The normalized spacial score (nSPS) is 10.9. The lowest BCUT2D eigenvalue weighted by atomic mass is 10.0. The molecule has 1 aromatic carbocycles. The number of rotatable bonds is 17. The third kappa shape index (κ3) is 12.7. The predicted molar refractivity (Wildman–Crippen MR) is 116 cm³/mol. The van der Waals surface area contributed by atoms with Crippen LogP contribution in [0.5, 0.6) is 0 Å². The lowest BCUT2D eigenvalue weighted by molar-refractivity contribution is 0.0526. The zero-order chi connectivity index (χ0) is 19.6.